The standard InChI is InChI=1S/C17H17NOS/c1-17(2,3)16-12-8-4-6-10-14(12)20(19)15-11-7-5-9-13(15)18-16/h4-11H,1-3H3. The molecule has 2 nitrogen and oxygen atoms in total. The zero-order valence-corrected chi connectivity index (χ0v) is 12.7. The van der Waals surface area contributed by atoms with Crippen LogP contribution in [0.5, 0.6) is 0 Å². The Hall–Kier alpha value is -1.74. The van der Waals surface area contributed by atoms with Crippen molar-refractivity contribution < 1.29 is 4.21 Å². The molecular weight excluding hydrogens is 266 g/mol. The van der Waals surface area contributed by atoms with Crippen LogP contribution in [-0.4, -0.2) is 9.92 Å². The topological polar surface area (TPSA) is 29.4 Å². The van der Waals surface area contributed by atoms with E-state index in [9.17, 15) is 4.21 Å². The summed E-state index contributed by atoms with van der Waals surface area (Å²) in [6.45, 7) is 6.42. The van der Waals surface area contributed by atoms with E-state index in [1.54, 1.807) is 0 Å². The van der Waals surface area contributed by atoms with E-state index in [1.165, 1.54) is 0 Å². The number of rotatable bonds is 0. The molecule has 102 valence electrons. The summed E-state index contributed by atoms with van der Waals surface area (Å²) >= 11 is 0. The first-order valence-corrected chi connectivity index (χ1v) is 7.83. The largest absolute Gasteiger partial charge is 0.251 e. The van der Waals surface area contributed by atoms with E-state index < -0.39 is 10.8 Å². The fraction of sp³-hybridized carbons (Fsp3) is 0.235. The van der Waals surface area contributed by atoms with Crippen molar-refractivity contribution in [2.75, 3.05) is 0 Å². The predicted octanol–water partition coefficient (Wildman–Crippen LogP) is 4.33. The van der Waals surface area contributed by atoms with Gasteiger partial charge in [0.1, 0.15) is 0 Å². The molecule has 1 heterocycles. The Morgan fingerprint density at radius 2 is 1.50 bits per heavy atom. The second kappa shape index (κ2) is 4.67. The molecule has 3 heteroatoms. The molecule has 0 radical (unpaired) electrons. The van der Waals surface area contributed by atoms with Crippen molar-refractivity contribution in [1.82, 2.24) is 0 Å². The van der Waals surface area contributed by atoms with Gasteiger partial charge in [0.25, 0.3) is 0 Å². The molecule has 1 atom stereocenters. The molecule has 0 amide bonds. The Kier molecular flexibility index (Phi) is 3.09. The molecule has 1 aliphatic rings. The lowest BCUT2D eigenvalue weighted by atomic mass is 9.85. The number of para-hydroxylation sites is 1. The van der Waals surface area contributed by atoms with Crippen molar-refractivity contribution in [3.8, 4) is 0 Å². The molecule has 1 aliphatic heterocycles. The van der Waals surface area contributed by atoms with E-state index in [1.807, 2.05) is 48.5 Å². The van der Waals surface area contributed by atoms with E-state index in [2.05, 4.69) is 20.8 Å². The highest BCUT2D eigenvalue weighted by atomic mass is 32.2. The van der Waals surface area contributed by atoms with Crippen LogP contribution in [0.3, 0.4) is 0 Å². The molecular formula is C17H17NOS. The van der Waals surface area contributed by atoms with Crippen LogP contribution >= 0.6 is 0 Å². The Bertz CT molecular complexity index is 726. The number of nitrogens with zero attached hydrogens (tertiary/aromatic N) is 1. The van der Waals surface area contributed by atoms with Crippen LogP contribution in [0.2, 0.25) is 0 Å². The molecule has 0 saturated carbocycles. The molecule has 0 aliphatic carbocycles. The van der Waals surface area contributed by atoms with Gasteiger partial charge in [0.15, 0.2) is 0 Å². The summed E-state index contributed by atoms with van der Waals surface area (Å²) in [5.41, 5.74) is 2.70. The molecule has 2 aromatic carbocycles. The molecule has 0 saturated heterocycles. The molecule has 0 bridgehead atoms. The highest BCUT2D eigenvalue weighted by Crippen LogP contribution is 2.36. The molecule has 0 aromatic heterocycles. The van der Waals surface area contributed by atoms with Crippen molar-refractivity contribution in [3.05, 3.63) is 54.1 Å². The maximum Gasteiger partial charge on any atom is 0.0878 e. The van der Waals surface area contributed by atoms with Gasteiger partial charge in [0.2, 0.25) is 0 Å². The first kappa shape index (κ1) is 13.3. The second-order valence-corrected chi connectivity index (χ2v) is 7.36. The minimum absolute atomic E-state index is 0.0994. The zero-order chi connectivity index (χ0) is 14.3. The lowest BCUT2D eigenvalue weighted by Crippen LogP contribution is -2.22. The van der Waals surface area contributed by atoms with Gasteiger partial charge in [-0.2, -0.15) is 0 Å². The van der Waals surface area contributed by atoms with Gasteiger partial charge < -0.3 is 0 Å². The SMILES string of the molecule is CC(C)(C)C1=Nc2ccccc2S(=O)c2ccccc21. The van der Waals surface area contributed by atoms with Crippen LogP contribution in [0.4, 0.5) is 5.69 Å². The zero-order valence-electron chi connectivity index (χ0n) is 11.9. The Balaban J connectivity index is 2.38. The van der Waals surface area contributed by atoms with Crippen LogP contribution < -0.4 is 0 Å². The highest BCUT2D eigenvalue weighted by molar-refractivity contribution is 7.85. The summed E-state index contributed by atoms with van der Waals surface area (Å²) in [7, 11) is -1.18. The van der Waals surface area contributed by atoms with Crippen molar-refractivity contribution in [2.24, 2.45) is 10.4 Å². The van der Waals surface area contributed by atoms with Crippen LogP contribution in [0, 0.1) is 5.41 Å². The number of benzene rings is 2. The summed E-state index contributed by atoms with van der Waals surface area (Å²) in [5, 5.41) is 0. The number of aliphatic imine (C=N–C) groups is 1. The van der Waals surface area contributed by atoms with Gasteiger partial charge in [-0.15, -0.1) is 0 Å². The van der Waals surface area contributed by atoms with Gasteiger partial charge in [-0.25, -0.2) is 4.21 Å². The first-order chi connectivity index (χ1) is 9.48. The number of hydrogen-bond acceptors (Lipinski definition) is 2. The molecule has 0 N–H and O–H groups in total. The Labute approximate surface area is 122 Å². The second-order valence-electron chi connectivity index (χ2n) is 5.94. The first-order valence-electron chi connectivity index (χ1n) is 6.68. The van der Waals surface area contributed by atoms with Crippen LogP contribution in [0.25, 0.3) is 0 Å². The molecule has 20 heavy (non-hydrogen) atoms. The van der Waals surface area contributed by atoms with Crippen LogP contribution in [0.1, 0.15) is 26.3 Å². The Morgan fingerprint density at radius 1 is 0.900 bits per heavy atom. The van der Waals surface area contributed by atoms with E-state index in [0.717, 1.165) is 26.8 Å². The molecule has 1 unspecified atom stereocenters. The summed E-state index contributed by atoms with van der Waals surface area (Å²) in [5.74, 6) is 0. The minimum Gasteiger partial charge on any atom is -0.251 e. The van der Waals surface area contributed by atoms with Crippen molar-refractivity contribution in [1.29, 1.82) is 0 Å². The van der Waals surface area contributed by atoms with Crippen molar-refractivity contribution >= 4 is 22.2 Å². The summed E-state index contributed by atoms with van der Waals surface area (Å²) in [4.78, 5) is 6.47. The molecule has 0 spiro atoms. The molecule has 3 rings (SSSR count). The summed E-state index contributed by atoms with van der Waals surface area (Å²) in [6.07, 6.45) is 0. The number of hydrogen-bond donors (Lipinski definition) is 0. The van der Waals surface area contributed by atoms with Gasteiger partial charge in [0.05, 0.1) is 32.0 Å². The quantitative estimate of drug-likeness (QED) is 0.707. The smallest absolute Gasteiger partial charge is 0.0878 e. The van der Waals surface area contributed by atoms with Gasteiger partial charge in [-0.1, -0.05) is 51.1 Å². The number of fused-ring (bicyclic) bond motifs is 2. The van der Waals surface area contributed by atoms with Gasteiger partial charge in [-0.3, -0.25) is 4.99 Å². The average Bonchev–Trinajstić information content (AvgIpc) is 2.55. The highest BCUT2D eigenvalue weighted by Gasteiger charge is 2.28. The Morgan fingerprint density at radius 3 is 2.20 bits per heavy atom. The third-order valence-electron chi connectivity index (χ3n) is 3.35. The fourth-order valence-electron chi connectivity index (χ4n) is 2.40. The van der Waals surface area contributed by atoms with Crippen LogP contribution in [0.15, 0.2) is 63.3 Å². The lowest BCUT2D eigenvalue weighted by Gasteiger charge is -2.22. The van der Waals surface area contributed by atoms with Gasteiger partial charge >= 0.3 is 0 Å². The van der Waals surface area contributed by atoms with Crippen molar-refractivity contribution in [3.63, 3.8) is 0 Å². The van der Waals surface area contributed by atoms with Crippen molar-refractivity contribution in [2.45, 2.75) is 30.6 Å². The predicted molar refractivity (Wildman–Crippen MR) is 83.2 cm³/mol. The van der Waals surface area contributed by atoms with Gasteiger partial charge in [-0.05, 0) is 18.2 Å². The van der Waals surface area contributed by atoms with E-state index in [4.69, 9.17) is 4.99 Å². The minimum atomic E-state index is -1.18. The monoisotopic (exact) mass is 283 g/mol. The molecule has 0 fully saturated rings. The van der Waals surface area contributed by atoms with Gasteiger partial charge in [0, 0.05) is 11.0 Å². The third-order valence-corrected chi connectivity index (χ3v) is 4.85. The summed E-state index contributed by atoms with van der Waals surface area (Å²) in [6, 6.07) is 15.6. The van der Waals surface area contributed by atoms with E-state index in [0.29, 0.717) is 0 Å². The maximum atomic E-state index is 12.8. The van der Waals surface area contributed by atoms with E-state index in [-0.39, 0.29) is 5.41 Å². The lowest BCUT2D eigenvalue weighted by molar-refractivity contribution is 0.591. The third kappa shape index (κ3) is 2.12. The maximum absolute atomic E-state index is 12.8. The van der Waals surface area contributed by atoms with Crippen LogP contribution in [-0.2, 0) is 10.8 Å². The van der Waals surface area contributed by atoms with E-state index >= 15 is 0 Å². The molecule has 2 aromatic rings. The summed E-state index contributed by atoms with van der Waals surface area (Å²) < 4.78 is 12.8. The fourth-order valence-corrected chi connectivity index (χ4v) is 3.71. The average molecular weight is 283 g/mol. The normalized spacial score (nSPS) is 17.8.